The molecule has 0 unspecified atom stereocenters. The number of sulfonamides is 1. The van der Waals surface area contributed by atoms with Crippen molar-refractivity contribution in [3.8, 4) is 11.5 Å². The van der Waals surface area contributed by atoms with Crippen LogP contribution in [0.1, 0.15) is 12.8 Å². The normalized spacial score (nSPS) is 18.6. The SMILES string of the molecule is Cl.O=S(=O)(NC1CCNCC1)c1cc2c(cc1Cl)OCCO2. The maximum Gasteiger partial charge on any atom is 0.242 e. The molecule has 0 spiro atoms. The number of fused-ring (bicyclic) bond motifs is 1. The first-order valence-corrected chi connectivity index (χ1v) is 8.74. The number of hydrogen-bond donors (Lipinski definition) is 2. The lowest BCUT2D eigenvalue weighted by Crippen LogP contribution is -2.42. The largest absolute Gasteiger partial charge is 0.486 e. The van der Waals surface area contributed by atoms with Crippen LogP contribution in [0.2, 0.25) is 5.02 Å². The predicted octanol–water partition coefficient (Wildman–Crippen LogP) is 1.56. The molecule has 124 valence electrons. The van der Waals surface area contributed by atoms with Gasteiger partial charge in [0.1, 0.15) is 18.1 Å². The maximum atomic E-state index is 12.5. The van der Waals surface area contributed by atoms with Crippen LogP contribution < -0.4 is 19.5 Å². The third-order valence-electron chi connectivity index (χ3n) is 3.55. The van der Waals surface area contributed by atoms with Crippen LogP contribution in [0, 0.1) is 0 Å². The predicted molar refractivity (Wildman–Crippen MR) is 85.9 cm³/mol. The number of hydrogen-bond acceptors (Lipinski definition) is 5. The van der Waals surface area contributed by atoms with Crippen LogP contribution in [-0.4, -0.2) is 40.8 Å². The average Bonchev–Trinajstić information content (AvgIpc) is 2.47. The number of benzene rings is 1. The summed E-state index contributed by atoms with van der Waals surface area (Å²) in [6.07, 6.45) is 1.53. The lowest BCUT2D eigenvalue weighted by Gasteiger charge is -2.24. The second-order valence-corrected chi connectivity index (χ2v) is 7.16. The lowest BCUT2D eigenvalue weighted by molar-refractivity contribution is 0.171. The molecule has 0 saturated carbocycles. The number of nitrogens with one attached hydrogen (secondary N) is 2. The summed E-state index contributed by atoms with van der Waals surface area (Å²) < 4.78 is 38.5. The molecule has 0 aliphatic carbocycles. The van der Waals surface area contributed by atoms with Crippen molar-refractivity contribution < 1.29 is 17.9 Å². The summed E-state index contributed by atoms with van der Waals surface area (Å²) in [6.45, 7) is 2.45. The van der Waals surface area contributed by atoms with Crippen LogP contribution in [0.25, 0.3) is 0 Å². The Labute approximate surface area is 141 Å². The van der Waals surface area contributed by atoms with Gasteiger partial charge in [-0.1, -0.05) is 11.6 Å². The zero-order chi connectivity index (χ0) is 14.9. The smallest absolute Gasteiger partial charge is 0.242 e. The molecular weight excluding hydrogens is 351 g/mol. The average molecular weight is 369 g/mol. The molecule has 1 saturated heterocycles. The van der Waals surface area contributed by atoms with E-state index in [-0.39, 0.29) is 28.4 Å². The standard InChI is InChI=1S/C13H17ClN2O4S.ClH/c14-10-7-11-12(20-6-5-19-11)8-13(10)21(17,18)16-9-1-3-15-4-2-9;/h7-9,15-16H,1-6H2;1H. The van der Waals surface area contributed by atoms with E-state index < -0.39 is 10.0 Å². The molecule has 6 nitrogen and oxygen atoms in total. The molecular formula is C13H18Cl2N2O4S. The van der Waals surface area contributed by atoms with Crippen LogP contribution in [0.3, 0.4) is 0 Å². The van der Waals surface area contributed by atoms with Crippen molar-refractivity contribution in [1.29, 1.82) is 0 Å². The van der Waals surface area contributed by atoms with Gasteiger partial charge in [0.15, 0.2) is 11.5 Å². The van der Waals surface area contributed by atoms with Gasteiger partial charge in [0.05, 0.1) is 5.02 Å². The number of piperidine rings is 1. The molecule has 0 aromatic heterocycles. The Morgan fingerprint density at radius 2 is 1.73 bits per heavy atom. The van der Waals surface area contributed by atoms with Gasteiger partial charge in [0, 0.05) is 18.2 Å². The molecule has 0 radical (unpaired) electrons. The van der Waals surface area contributed by atoms with Crippen LogP contribution in [-0.2, 0) is 10.0 Å². The second-order valence-electron chi connectivity index (χ2n) is 5.07. The summed E-state index contributed by atoms with van der Waals surface area (Å²) in [4.78, 5) is 0.0342. The Bertz CT molecular complexity index is 633. The highest BCUT2D eigenvalue weighted by atomic mass is 35.5. The van der Waals surface area contributed by atoms with E-state index in [0.717, 1.165) is 25.9 Å². The molecule has 2 aliphatic rings. The Morgan fingerprint density at radius 3 is 2.36 bits per heavy atom. The molecule has 1 fully saturated rings. The Hall–Kier alpha value is -0.730. The van der Waals surface area contributed by atoms with Crippen molar-refractivity contribution in [3.05, 3.63) is 17.2 Å². The van der Waals surface area contributed by atoms with Crippen LogP contribution in [0.15, 0.2) is 17.0 Å². The number of rotatable bonds is 3. The van der Waals surface area contributed by atoms with E-state index in [0.29, 0.717) is 24.7 Å². The third-order valence-corrected chi connectivity index (χ3v) is 5.53. The Balaban J connectivity index is 0.00000176. The first kappa shape index (κ1) is 17.6. The van der Waals surface area contributed by atoms with Crippen molar-refractivity contribution in [2.24, 2.45) is 0 Å². The highest BCUT2D eigenvalue weighted by Crippen LogP contribution is 2.37. The zero-order valence-corrected chi connectivity index (χ0v) is 14.2. The van der Waals surface area contributed by atoms with E-state index >= 15 is 0 Å². The molecule has 9 heteroatoms. The van der Waals surface area contributed by atoms with Crippen LogP contribution in [0.4, 0.5) is 0 Å². The van der Waals surface area contributed by atoms with E-state index in [9.17, 15) is 8.42 Å². The summed E-state index contributed by atoms with van der Waals surface area (Å²) in [6, 6.07) is 2.85. The van der Waals surface area contributed by atoms with Crippen molar-refractivity contribution in [2.45, 2.75) is 23.8 Å². The highest BCUT2D eigenvalue weighted by Gasteiger charge is 2.26. The van der Waals surface area contributed by atoms with Gasteiger partial charge < -0.3 is 14.8 Å². The summed E-state index contributed by atoms with van der Waals surface area (Å²) in [7, 11) is -3.67. The fourth-order valence-electron chi connectivity index (χ4n) is 2.47. The Morgan fingerprint density at radius 1 is 1.14 bits per heavy atom. The summed E-state index contributed by atoms with van der Waals surface area (Å²) in [5, 5.41) is 3.33. The quantitative estimate of drug-likeness (QED) is 0.846. The fourth-order valence-corrected chi connectivity index (χ4v) is 4.31. The van der Waals surface area contributed by atoms with Gasteiger partial charge >= 0.3 is 0 Å². The van der Waals surface area contributed by atoms with Gasteiger partial charge in [0.2, 0.25) is 10.0 Å². The van der Waals surface area contributed by atoms with Crippen molar-refractivity contribution in [1.82, 2.24) is 10.0 Å². The van der Waals surface area contributed by atoms with Gasteiger partial charge in [-0.05, 0) is 25.9 Å². The van der Waals surface area contributed by atoms with Crippen molar-refractivity contribution >= 4 is 34.0 Å². The first-order valence-electron chi connectivity index (χ1n) is 6.88. The minimum absolute atomic E-state index is 0. The summed E-state index contributed by atoms with van der Waals surface area (Å²) in [5.74, 6) is 0.892. The fraction of sp³-hybridized carbons (Fsp3) is 0.538. The zero-order valence-electron chi connectivity index (χ0n) is 11.8. The van der Waals surface area contributed by atoms with Crippen LogP contribution >= 0.6 is 24.0 Å². The van der Waals surface area contributed by atoms with E-state index in [1.54, 1.807) is 0 Å². The van der Waals surface area contributed by atoms with Crippen molar-refractivity contribution in [3.63, 3.8) is 0 Å². The van der Waals surface area contributed by atoms with Gasteiger partial charge in [-0.2, -0.15) is 0 Å². The van der Waals surface area contributed by atoms with E-state index in [2.05, 4.69) is 10.0 Å². The van der Waals surface area contributed by atoms with Gasteiger partial charge in [-0.15, -0.1) is 12.4 Å². The van der Waals surface area contributed by atoms with Gasteiger partial charge in [-0.3, -0.25) is 0 Å². The highest BCUT2D eigenvalue weighted by molar-refractivity contribution is 7.89. The lowest BCUT2D eigenvalue weighted by atomic mass is 10.1. The topological polar surface area (TPSA) is 76.7 Å². The molecule has 3 rings (SSSR count). The summed E-state index contributed by atoms with van der Waals surface area (Å²) in [5.41, 5.74) is 0. The molecule has 22 heavy (non-hydrogen) atoms. The Kier molecular flexibility index (Phi) is 5.79. The monoisotopic (exact) mass is 368 g/mol. The third kappa shape index (κ3) is 3.78. The second kappa shape index (κ2) is 7.23. The minimum Gasteiger partial charge on any atom is -0.486 e. The number of ether oxygens (including phenoxy) is 2. The minimum atomic E-state index is -3.67. The molecule has 2 heterocycles. The van der Waals surface area contributed by atoms with E-state index in [4.69, 9.17) is 21.1 Å². The molecule has 0 amide bonds. The molecule has 2 N–H and O–H groups in total. The van der Waals surface area contributed by atoms with Crippen molar-refractivity contribution in [2.75, 3.05) is 26.3 Å². The number of halogens is 2. The summed E-state index contributed by atoms with van der Waals surface area (Å²) >= 11 is 6.10. The molecule has 1 aromatic carbocycles. The van der Waals surface area contributed by atoms with E-state index in [1.165, 1.54) is 12.1 Å². The van der Waals surface area contributed by atoms with Gasteiger partial charge in [0.25, 0.3) is 0 Å². The molecule has 0 bridgehead atoms. The van der Waals surface area contributed by atoms with Crippen LogP contribution in [0.5, 0.6) is 11.5 Å². The van der Waals surface area contributed by atoms with E-state index in [1.807, 2.05) is 0 Å². The maximum absolute atomic E-state index is 12.5. The first-order chi connectivity index (χ1) is 10.1. The molecule has 1 aromatic rings. The molecule has 2 aliphatic heterocycles. The van der Waals surface area contributed by atoms with Gasteiger partial charge in [-0.25, -0.2) is 13.1 Å². The molecule has 0 atom stereocenters.